The molecule has 0 spiro atoms. The lowest BCUT2D eigenvalue weighted by molar-refractivity contribution is 0.00545. The molecular weight excluding hydrogens is 270 g/mol. The molecule has 0 aromatic carbocycles. The van der Waals surface area contributed by atoms with Crippen LogP contribution in [0.4, 0.5) is 0 Å². The van der Waals surface area contributed by atoms with Gasteiger partial charge in [-0.25, -0.2) is 4.98 Å². The zero-order valence-electron chi connectivity index (χ0n) is 12.2. The van der Waals surface area contributed by atoms with Crippen LogP contribution in [0.25, 0.3) is 0 Å². The van der Waals surface area contributed by atoms with Crippen molar-refractivity contribution in [2.45, 2.75) is 64.4 Å². The van der Waals surface area contributed by atoms with E-state index in [1.54, 1.807) is 11.3 Å². The van der Waals surface area contributed by atoms with Gasteiger partial charge < -0.3 is 4.74 Å². The van der Waals surface area contributed by atoms with Crippen molar-refractivity contribution in [3.05, 3.63) is 15.6 Å². The molecule has 1 fully saturated rings. The van der Waals surface area contributed by atoms with Crippen molar-refractivity contribution in [1.82, 2.24) is 4.98 Å². The Labute approximate surface area is 124 Å². The highest BCUT2D eigenvalue weighted by atomic mass is 32.1. The van der Waals surface area contributed by atoms with Gasteiger partial charge >= 0.3 is 0 Å². The van der Waals surface area contributed by atoms with E-state index in [1.165, 1.54) is 37.0 Å². The van der Waals surface area contributed by atoms with Crippen LogP contribution in [0.1, 0.15) is 78.3 Å². The average molecular weight is 293 g/mol. The summed E-state index contributed by atoms with van der Waals surface area (Å²) < 4.78 is 6.02. The molecule has 0 amide bonds. The minimum absolute atomic E-state index is 0.115. The number of ether oxygens (including phenoxy) is 1. The monoisotopic (exact) mass is 293 g/mol. The van der Waals surface area contributed by atoms with E-state index >= 15 is 0 Å². The van der Waals surface area contributed by atoms with Crippen LogP contribution in [0, 0.1) is 5.92 Å². The summed E-state index contributed by atoms with van der Waals surface area (Å²) in [5.74, 6) is 0.819. The summed E-state index contributed by atoms with van der Waals surface area (Å²) in [6.45, 7) is 2.77. The highest BCUT2D eigenvalue weighted by Gasteiger charge is 2.31. The van der Waals surface area contributed by atoms with E-state index < -0.39 is 0 Å². The Bertz CT molecular complexity index is 477. The number of aromatic nitrogens is 1. The van der Waals surface area contributed by atoms with Gasteiger partial charge in [0.05, 0.1) is 0 Å². The topological polar surface area (TPSA) is 39.2 Å². The van der Waals surface area contributed by atoms with Crippen LogP contribution in [0.2, 0.25) is 0 Å². The van der Waals surface area contributed by atoms with Crippen LogP contribution in [-0.4, -0.2) is 17.4 Å². The van der Waals surface area contributed by atoms with Gasteiger partial charge in [0.15, 0.2) is 5.78 Å². The zero-order valence-corrected chi connectivity index (χ0v) is 13.0. The number of Topliss-reactive ketones (excluding diaryl/α,β-unsaturated/α-hetero) is 1. The fourth-order valence-electron chi connectivity index (χ4n) is 3.43. The van der Waals surface area contributed by atoms with Gasteiger partial charge in [-0.3, -0.25) is 4.79 Å². The third-order valence-corrected chi connectivity index (χ3v) is 5.63. The summed E-state index contributed by atoms with van der Waals surface area (Å²) in [7, 11) is 0. The second-order valence-corrected chi connectivity index (χ2v) is 6.99. The van der Waals surface area contributed by atoms with Crippen LogP contribution in [0.3, 0.4) is 0 Å². The van der Waals surface area contributed by atoms with Gasteiger partial charge in [-0.15, -0.1) is 11.3 Å². The highest BCUT2D eigenvalue weighted by Crippen LogP contribution is 2.40. The number of rotatable bonds is 4. The Morgan fingerprint density at radius 2 is 2.05 bits per heavy atom. The van der Waals surface area contributed by atoms with Gasteiger partial charge in [0.25, 0.3) is 0 Å². The molecule has 0 aliphatic heterocycles. The predicted octanol–water partition coefficient (Wildman–Crippen LogP) is 4.32. The van der Waals surface area contributed by atoms with E-state index in [0.717, 1.165) is 30.2 Å². The van der Waals surface area contributed by atoms with Gasteiger partial charge in [-0.2, -0.15) is 0 Å². The number of ketones is 1. The molecule has 1 saturated carbocycles. The molecule has 1 aromatic heterocycles. The summed E-state index contributed by atoms with van der Waals surface area (Å²) in [6.07, 6.45) is 9.21. The van der Waals surface area contributed by atoms with E-state index in [2.05, 4.69) is 11.9 Å². The number of hydrogen-bond donors (Lipinski definition) is 0. The molecule has 2 aliphatic rings. The van der Waals surface area contributed by atoms with Crippen molar-refractivity contribution in [2.24, 2.45) is 5.92 Å². The summed E-state index contributed by atoms with van der Waals surface area (Å²) in [4.78, 5) is 17.8. The summed E-state index contributed by atoms with van der Waals surface area (Å²) in [5, 5.41) is 1.05. The quantitative estimate of drug-likeness (QED) is 0.830. The normalized spacial score (nSPS) is 21.8. The molecule has 1 heterocycles. The number of carbonyl (C=O) groups is 1. The second kappa shape index (κ2) is 6.35. The van der Waals surface area contributed by atoms with Crippen LogP contribution >= 0.6 is 11.3 Å². The molecule has 1 atom stereocenters. The molecule has 0 bridgehead atoms. The lowest BCUT2D eigenvalue weighted by Crippen LogP contribution is -2.19. The highest BCUT2D eigenvalue weighted by molar-refractivity contribution is 7.12. The number of carbonyl (C=O) groups excluding carboxylic acids is 1. The summed E-state index contributed by atoms with van der Waals surface area (Å²) >= 11 is 1.72. The Balaban J connectivity index is 1.85. The Kier molecular flexibility index (Phi) is 4.51. The Morgan fingerprint density at radius 3 is 2.75 bits per heavy atom. The molecule has 1 unspecified atom stereocenters. The van der Waals surface area contributed by atoms with E-state index in [1.807, 2.05) is 0 Å². The lowest BCUT2D eigenvalue weighted by Gasteiger charge is -2.28. The van der Waals surface area contributed by atoms with E-state index in [9.17, 15) is 4.79 Å². The van der Waals surface area contributed by atoms with E-state index in [-0.39, 0.29) is 11.9 Å². The molecule has 2 aliphatic carbocycles. The molecule has 0 N–H and O–H groups in total. The SMILES string of the molecule is CCOC(c1nc2c(s1)CCCC2=O)C1CCCCC1. The van der Waals surface area contributed by atoms with Crippen molar-refractivity contribution < 1.29 is 9.53 Å². The molecule has 3 rings (SSSR count). The minimum atomic E-state index is 0.115. The predicted molar refractivity (Wildman–Crippen MR) is 80.3 cm³/mol. The smallest absolute Gasteiger partial charge is 0.182 e. The van der Waals surface area contributed by atoms with Crippen LogP contribution < -0.4 is 0 Å². The van der Waals surface area contributed by atoms with Gasteiger partial charge in [0, 0.05) is 17.9 Å². The number of hydrogen-bond acceptors (Lipinski definition) is 4. The summed E-state index contributed by atoms with van der Waals surface area (Å²) in [6, 6.07) is 0. The summed E-state index contributed by atoms with van der Waals surface area (Å²) in [5.41, 5.74) is 0.747. The van der Waals surface area contributed by atoms with Gasteiger partial charge in [-0.1, -0.05) is 19.3 Å². The maximum atomic E-state index is 12.0. The first-order chi connectivity index (χ1) is 9.79. The fraction of sp³-hybridized carbons (Fsp3) is 0.750. The van der Waals surface area contributed by atoms with Gasteiger partial charge in [0.2, 0.25) is 0 Å². The molecular formula is C16H23NO2S. The molecule has 0 radical (unpaired) electrons. The average Bonchev–Trinajstić information content (AvgIpc) is 2.91. The molecule has 110 valence electrons. The van der Waals surface area contributed by atoms with Gasteiger partial charge in [-0.05, 0) is 38.5 Å². The first kappa shape index (κ1) is 14.2. The third-order valence-electron chi connectivity index (χ3n) is 4.45. The van der Waals surface area contributed by atoms with Gasteiger partial charge in [0.1, 0.15) is 16.8 Å². The van der Waals surface area contributed by atoms with E-state index in [4.69, 9.17) is 4.74 Å². The standard InChI is InChI=1S/C16H23NO2S/c1-2-19-15(11-7-4-3-5-8-11)16-17-14-12(18)9-6-10-13(14)20-16/h11,15H,2-10H2,1H3. The number of thiazole rings is 1. The fourth-order valence-corrected chi connectivity index (χ4v) is 4.70. The first-order valence-corrected chi connectivity index (χ1v) is 8.75. The van der Waals surface area contributed by atoms with Crippen LogP contribution in [0.15, 0.2) is 0 Å². The Hall–Kier alpha value is -0.740. The largest absolute Gasteiger partial charge is 0.371 e. The lowest BCUT2D eigenvalue weighted by atomic mass is 9.85. The molecule has 4 heteroatoms. The van der Waals surface area contributed by atoms with Crippen LogP contribution in [0.5, 0.6) is 0 Å². The Morgan fingerprint density at radius 1 is 1.25 bits per heavy atom. The maximum absolute atomic E-state index is 12.0. The molecule has 1 aromatic rings. The third kappa shape index (κ3) is 2.82. The van der Waals surface area contributed by atoms with Crippen LogP contribution in [-0.2, 0) is 11.2 Å². The molecule has 20 heavy (non-hydrogen) atoms. The zero-order chi connectivity index (χ0) is 13.9. The second-order valence-electron chi connectivity index (χ2n) is 5.87. The van der Waals surface area contributed by atoms with Crippen molar-refractivity contribution >= 4 is 17.1 Å². The minimum Gasteiger partial charge on any atom is -0.371 e. The van der Waals surface area contributed by atoms with Crippen molar-refractivity contribution in [2.75, 3.05) is 6.61 Å². The van der Waals surface area contributed by atoms with Crippen molar-refractivity contribution in [1.29, 1.82) is 0 Å². The van der Waals surface area contributed by atoms with Crippen molar-refractivity contribution in [3.63, 3.8) is 0 Å². The molecule has 0 saturated heterocycles. The number of aryl methyl sites for hydroxylation is 1. The maximum Gasteiger partial charge on any atom is 0.182 e. The number of nitrogens with zero attached hydrogens (tertiary/aromatic N) is 1. The first-order valence-electron chi connectivity index (χ1n) is 7.94. The van der Waals surface area contributed by atoms with Crippen molar-refractivity contribution in [3.8, 4) is 0 Å². The van der Waals surface area contributed by atoms with E-state index in [0.29, 0.717) is 12.3 Å². The number of fused-ring (bicyclic) bond motifs is 1. The molecule has 3 nitrogen and oxygen atoms in total.